The Morgan fingerprint density at radius 1 is 1.04 bits per heavy atom. The largest absolute Gasteiger partial charge is 0.337 e. The van der Waals surface area contributed by atoms with Crippen molar-refractivity contribution in [3.8, 4) is 0 Å². The number of benzene rings is 1. The van der Waals surface area contributed by atoms with Gasteiger partial charge in [0.2, 0.25) is 0 Å². The third-order valence-corrected chi connectivity index (χ3v) is 4.24. The second kappa shape index (κ2) is 11.6. The van der Waals surface area contributed by atoms with Gasteiger partial charge in [-0.15, -0.1) is 0 Å². The zero-order valence-corrected chi connectivity index (χ0v) is 17.7. The number of rotatable bonds is 10. The fourth-order valence-corrected chi connectivity index (χ4v) is 2.86. The van der Waals surface area contributed by atoms with E-state index in [2.05, 4.69) is 43.2 Å². The maximum atomic E-state index is 13.1. The Morgan fingerprint density at radius 3 is 2.26 bits per heavy atom. The van der Waals surface area contributed by atoms with Crippen LogP contribution in [0.3, 0.4) is 0 Å². The number of amides is 3. The first-order valence-electron chi connectivity index (χ1n) is 9.95. The van der Waals surface area contributed by atoms with Gasteiger partial charge in [0.05, 0.1) is 0 Å². The maximum absolute atomic E-state index is 13.1. The molecule has 6 heteroatoms. The lowest BCUT2D eigenvalue weighted by Gasteiger charge is -2.28. The summed E-state index contributed by atoms with van der Waals surface area (Å²) < 4.78 is 0. The molecule has 0 spiro atoms. The molecule has 0 atom stereocenters. The van der Waals surface area contributed by atoms with E-state index in [-0.39, 0.29) is 18.0 Å². The van der Waals surface area contributed by atoms with Crippen molar-refractivity contribution in [3.05, 3.63) is 29.8 Å². The van der Waals surface area contributed by atoms with Crippen molar-refractivity contribution in [2.45, 2.75) is 47.6 Å². The molecule has 0 saturated heterocycles. The molecule has 3 amide bonds. The third-order valence-electron chi connectivity index (χ3n) is 4.24. The lowest BCUT2D eigenvalue weighted by atomic mass is 10.1. The van der Waals surface area contributed by atoms with Crippen LogP contribution >= 0.6 is 0 Å². The molecular formula is C21H36N4O2. The van der Waals surface area contributed by atoms with Crippen LogP contribution in [-0.4, -0.2) is 60.5 Å². The summed E-state index contributed by atoms with van der Waals surface area (Å²) in [6, 6.07) is 6.92. The molecule has 6 nitrogen and oxygen atoms in total. The number of anilines is 1. The fourth-order valence-electron chi connectivity index (χ4n) is 2.86. The van der Waals surface area contributed by atoms with E-state index in [1.807, 2.05) is 18.7 Å². The number of carbonyl (C=O) groups is 2. The zero-order valence-electron chi connectivity index (χ0n) is 17.7. The summed E-state index contributed by atoms with van der Waals surface area (Å²) in [6.45, 7) is 16.5. The molecule has 27 heavy (non-hydrogen) atoms. The van der Waals surface area contributed by atoms with E-state index in [0.717, 1.165) is 19.6 Å². The van der Waals surface area contributed by atoms with Crippen LogP contribution in [0.2, 0.25) is 0 Å². The first-order valence-corrected chi connectivity index (χ1v) is 9.95. The molecule has 0 aliphatic rings. The summed E-state index contributed by atoms with van der Waals surface area (Å²) in [5.74, 6) is 0.396. The number of carbonyl (C=O) groups excluding carboxylic acids is 2. The van der Waals surface area contributed by atoms with E-state index in [1.165, 1.54) is 0 Å². The Balaban J connectivity index is 2.87. The minimum absolute atomic E-state index is 0.00349. The number of hydrogen-bond donors (Lipinski definition) is 2. The molecular weight excluding hydrogens is 340 g/mol. The highest BCUT2D eigenvalue weighted by Crippen LogP contribution is 2.14. The molecule has 0 saturated carbocycles. The Hall–Kier alpha value is -2.08. The van der Waals surface area contributed by atoms with Gasteiger partial charge in [-0.3, -0.25) is 4.79 Å². The topological polar surface area (TPSA) is 64.7 Å². The van der Waals surface area contributed by atoms with Crippen LogP contribution in [0.25, 0.3) is 0 Å². The quantitative estimate of drug-likeness (QED) is 0.655. The normalized spacial score (nSPS) is 11.1. The van der Waals surface area contributed by atoms with Crippen LogP contribution in [0.15, 0.2) is 24.3 Å². The molecule has 0 fully saturated rings. The van der Waals surface area contributed by atoms with Gasteiger partial charge in [-0.1, -0.05) is 33.8 Å². The molecule has 1 aromatic rings. The monoisotopic (exact) mass is 376 g/mol. The van der Waals surface area contributed by atoms with Gasteiger partial charge in [-0.2, -0.15) is 0 Å². The van der Waals surface area contributed by atoms with Crippen molar-refractivity contribution < 1.29 is 9.59 Å². The van der Waals surface area contributed by atoms with Gasteiger partial charge in [0.1, 0.15) is 0 Å². The Bertz CT molecular complexity index is 598. The van der Waals surface area contributed by atoms with Gasteiger partial charge in [-0.05, 0) is 51.1 Å². The van der Waals surface area contributed by atoms with E-state index in [9.17, 15) is 9.59 Å². The summed E-state index contributed by atoms with van der Waals surface area (Å²) in [6.07, 6.45) is 0. The first kappa shape index (κ1) is 23.0. The van der Waals surface area contributed by atoms with E-state index in [4.69, 9.17) is 0 Å². The summed E-state index contributed by atoms with van der Waals surface area (Å²) >= 11 is 0. The Morgan fingerprint density at radius 2 is 1.70 bits per heavy atom. The van der Waals surface area contributed by atoms with Gasteiger partial charge in [0.25, 0.3) is 5.91 Å². The van der Waals surface area contributed by atoms with Crippen molar-refractivity contribution >= 4 is 17.6 Å². The van der Waals surface area contributed by atoms with Crippen molar-refractivity contribution in [1.82, 2.24) is 15.1 Å². The smallest absolute Gasteiger partial charge is 0.319 e. The number of hydrogen-bond acceptors (Lipinski definition) is 3. The average Bonchev–Trinajstić information content (AvgIpc) is 2.60. The second-order valence-electron chi connectivity index (χ2n) is 7.51. The van der Waals surface area contributed by atoms with Crippen LogP contribution in [0, 0.1) is 5.92 Å². The van der Waals surface area contributed by atoms with Crippen LogP contribution in [-0.2, 0) is 0 Å². The molecule has 1 aromatic carbocycles. The predicted octanol–water partition coefficient (Wildman–Crippen LogP) is 3.66. The molecule has 152 valence electrons. The fraction of sp³-hybridized carbons (Fsp3) is 0.619. The summed E-state index contributed by atoms with van der Waals surface area (Å²) in [7, 11) is 0. The highest BCUT2D eigenvalue weighted by molar-refractivity contribution is 5.97. The lowest BCUT2D eigenvalue weighted by molar-refractivity contribution is 0.0716. The molecule has 0 aliphatic carbocycles. The summed E-state index contributed by atoms with van der Waals surface area (Å²) in [5.41, 5.74) is 1.21. The number of nitrogens with zero attached hydrogens (tertiary/aromatic N) is 2. The Kier molecular flexibility index (Phi) is 9.86. The van der Waals surface area contributed by atoms with Crippen LogP contribution in [0.1, 0.15) is 51.9 Å². The van der Waals surface area contributed by atoms with Crippen LogP contribution in [0.4, 0.5) is 10.5 Å². The summed E-state index contributed by atoms with van der Waals surface area (Å²) in [5, 5.41) is 5.57. The predicted molar refractivity (Wildman–Crippen MR) is 112 cm³/mol. The molecule has 0 radical (unpaired) electrons. The van der Waals surface area contributed by atoms with Crippen molar-refractivity contribution in [3.63, 3.8) is 0 Å². The third kappa shape index (κ3) is 8.43. The molecule has 0 aliphatic heterocycles. The van der Waals surface area contributed by atoms with Crippen LogP contribution < -0.4 is 10.6 Å². The molecule has 1 rings (SSSR count). The van der Waals surface area contributed by atoms with Crippen molar-refractivity contribution in [2.75, 3.05) is 38.0 Å². The first-order chi connectivity index (χ1) is 12.8. The molecule has 0 aromatic heterocycles. The number of nitrogens with one attached hydrogen (secondary N) is 2. The van der Waals surface area contributed by atoms with E-state index >= 15 is 0 Å². The molecule has 2 N–H and O–H groups in total. The van der Waals surface area contributed by atoms with E-state index in [1.54, 1.807) is 24.3 Å². The van der Waals surface area contributed by atoms with Crippen molar-refractivity contribution in [1.29, 1.82) is 0 Å². The Labute approximate surface area is 164 Å². The lowest BCUT2D eigenvalue weighted by Crippen LogP contribution is -2.40. The minimum atomic E-state index is -0.268. The zero-order chi connectivity index (χ0) is 20.4. The second-order valence-corrected chi connectivity index (χ2v) is 7.51. The minimum Gasteiger partial charge on any atom is -0.337 e. The molecule has 0 bridgehead atoms. The van der Waals surface area contributed by atoms with E-state index < -0.39 is 0 Å². The van der Waals surface area contributed by atoms with Gasteiger partial charge in [-0.25, -0.2) is 4.79 Å². The maximum Gasteiger partial charge on any atom is 0.319 e. The van der Waals surface area contributed by atoms with Crippen LogP contribution in [0.5, 0.6) is 0 Å². The average molecular weight is 377 g/mol. The summed E-state index contributed by atoms with van der Waals surface area (Å²) in [4.78, 5) is 29.2. The highest BCUT2D eigenvalue weighted by atomic mass is 16.2. The van der Waals surface area contributed by atoms with Gasteiger partial charge >= 0.3 is 6.03 Å². The van der Waals surface area contributed by atoms with E-state index in [0.29, 0.717) is 30.3 Å². The number of likely N-dealkylation sites (N-methyl/N-ethyl adjacent to an activating group) is 1. The SMILES string of the molecule is CCN(CC)CCN(CC(C)C)C(=O)c1cccc(NC(=O)NC(C)C)c1. The van der Waals surface area contributed by atoms with Gasteiger partial charge in [0, 0.05) is 36.9 Å². The number of urea groups is 1. The van der Waals surface area contributed by atoms with Crippen molar-refractivity contribution in [2.24, 2.45) is 5.92 Å². The highest BCUT2D eigenvalue weighted by Gasteiger charge is 2.18. The van der Waals surface area contributed by atoms with Gasteiger partial charge < -0.3 is 20.4 Å². The standard InChI is InChI=1S/C21H36N4O2/c1-7-24(8-2)12-13-25(15-16(3)4)20(26)18-10-9-11-19(14-18)23-21(27)22-17(5)6/h9-11,14,16-17H,7-8,12-13,15H2,1-6H3,(H2,22,23,27). The molecule has 0 heterocycles. The molecule has 0 unspecified atom stereocenters. The van der Waals surface area contributed by atoms with Gasteiger partial charge in [0.15, 0.2) is 0 Å².